The second-order valence-corrected chi connectivity index (χ2v) is 4.51. The summed E-state index contributed by atoms with van der Waals surface area (Å²) >= 11 is 0. The summed E-state index contributed by atoms with van der Waals surface area (Å²) in [5, 5.41) is 3.61. The predicted octanol–water partition coefficient (Wildman–Crippen LogP) is 2.95. The minimum Gasteiger partial charge on any atom is -0.312 e. The summed E-state index contributed by atoms with van der Waals surface area (Å²) < 4.78 is 0. The number of hydrogen-bond donors (Lipinski definition) is 1. The molecule has 1 aliphatic carbocycles. The van der Waals surface area contributed by atoms with Crippen LogP contribution < -0.4 is 5.32 Å². The van der Waals surface area contributed by atoms with Crippen LogP contribution in [0.1, 0.15) is 52.9 Å². The summed E-state index contributed by atoms with van der Waals surface area (Å²) in [6, 6.07) is 1.37. The topological polar surface area (TPSA) is 12.0 Å². The van der Waals surface area contributed by atoms with Crippen molar-refractivity contribution in [2.75, 3.05) is 0 Å². The molecule has 1 aliphatic rings. The van der Waals surface area contributed by atoms with Crippen molar-refractivity contribution in [3.8, 4) is 0 Å². The molecule has 0 aliphatic heterocycles. The van der Waals surface area contributed by atoms with Gasteiger partial charge in [-0.3, -0.25) is 0 Å². The summed E-state index contributed by atoms with van der Waals surface area (Å²) in [7, 11) is 0. The second-order valence-electron chi connectivity index (χ2n) is 4.51. The van der Waals surface area contributed by atoms with E-state index in [4.69, 9.17) is 0 Å². The number of hydrogen-bond acceptors (Lipinski definition) is 1. The van der Waals surface area contributed by atoms with Gasteiger partial charge in [0.2, 0.25) is 0 Å². The van der Waals surface area contributed by atoms with Crippen LogP contribution in [0.15, 0.2) is 0 Å². The highest BCUT2D eigenvalue weighted by molar-refractivity contribution is 4.76. The van der Waals surface area contributed by atoms with Crippen molar-refractivity contribution in [3.05, 3.63) is 0 Å². The lowest BCUT2D eigenvalue weighted by molar-refractivity contribution is 0.271. The van der Waals surface area contributed by atoms with Gasteiger partial charge in [0, 0.05) is 12.1 Å². The molecule has 0 aromatic carbocycles. The van der Waals surface area contributed by atoms with E-state index in [9.17, 15) is 0 Å². The van der Waals surface area contributed by atoms with E-state index >= 15 is 0 Å². The van der Waals surface area contributed by atoms with Crippen LogP contribution in [0.25, 0.3) is 0 Å². The lowest BCUT2D eigenvalue weighted by Crippen LogP contribution is -2.38. The second kappa shape index (κ2) is 4.86. The molecule has 0 bridgehead atoms. The maximum absolute atomic E-state index is 3.61. The first-order valence-corrected chi connectivity index (χ1v) is 5.46. The Morgan fingerprint density at radius 1 is 1.00 bits per heavy atom. The molecule has 1 nitrogen and oxygen atoms in total. The van der Waals surface area contributed by atoms with Crippen LogP contribution in [0.2, 0.25) is 0 Å². The highest BCUT2D eigenvalue weighted by Gasteiger charge is 2.19. The van der Waals surface area contributed by atoms with Crippen molar-refractivity contribution in [1.82, 2.24) is 5.32 Å². The largest absolute Gasteiger partial charge is 0.312 e. The maximum atomic E-state index is 3.61. The van der Waals surface area contributed by atoms with E-state index in [2.05, 4.69) is 26.1 Å². The SMILES string of the molecule is CC(C)NC(C)C1CCCCC1. The van der Waals surface area contributed by atoms with Gasteiger partial charge in [-0.2, -0.15) is 0 Å². The molecule has 1 atom stereocenters. The average molecular weight is 169 g/mol. The number of rotatable bonds is 3. The molecule has 0 saturated heterocycles. The van der Waals surface area contributed by atoms with Crippen molar-refractivity contribution in [2.24, 2.45) is 5.92 Å². The maximum Gasteiger partial charge on any atom is 0.00693 e. The van der Waals surface area contributed by atoms with Crippen LogP contribution in [-0.4, -0.2) is 12.1 Å². The molecule has 1 unspecified atom stereocenters. The highest BCUT2D eigenvalue weighted by Crippen LogP contribution is 2.26. The highest BCUT2D eigenvalue weighted by atomic mass is 14.9. The molecule has 0 radical (unpaired) electrons. The fraction of sp³-hybridized carbons (Fsp3) is 1.00. The first kappa shape index (κ1) is 10.0. The summed E-state index contributed by atoms with van der Waals surface area (Å²) in [5.41, 5.74) is 0. The van der Waals surface area contributed by atoms with Gasteiger partial charge < -0.3 is 5.32 Å². The molecular formula is C11H23N. The Kier molecular flexibility index (Phi) is 4.07. The van der Waals surface area contributed by atoms with Gasteiger partial charge in [-0.25, -0.2) is 0 Å². The predicted molar refractivity (Wildman–Crippen MR) is 54.3 cm³/mol. The van der Waals surface area contributed by atoms with Crippen molar-refractivity contribution in [3.63, 3.8) is 0 Å². The van der Waals surface area contributed by atoms with Gasteiger partial charge in [-0.15, -0.1) is 0 Å². The van der Waals surface area contributed by atoms with Crippen LogP contribution in [0.5, 0.6) is 0 Å². The van der Waals surface area contributed by atoms with Gasteiger partial charge in [0.1, 0.15) is 0 Å². The molecule has 0 spiro atoms. The first-order chi connectivity index (χ1) is 5.70. The first-order valence-electron chi connectivity index (χ1n) is 5.46. The lowest BCUT2D eigenvalue weighted by Gasteiger charge is -2.29. The smallest absolute Gasteiger partial charge is 0.00693 e. The monoisotopic (exact) mass is 169 g/mol. The average Bonchev–Trinajstić information content (AvgIpc) is 2.05. The normalized spacial score (nSPS) is 23.0. The molecule has 1 rings (SSSR count). The Balaban J connectivity index is 2.24. The molecule has 1 N–H and O–H groups in total. The fourth-order valence-corrected chi connectivity index (χ4v) is 2.30. The van der Waals surface area contributed by atoms with Crippen molar-refractivity contribution < 1.29 is 0 Å². The van der Waals surface area contributed by atoms with E-state index in [0.717, 1.165) is 12.0 Å². The zero-order valence-corrected chi connectivity index (χ0v) is 8.77. The molecule has 1 fully saturated rings. The quantitative estimate of drug-likeness (QED) is 0.685. The zero-order valence-electron chi connectivity index (χ0n) is 8.77. The molecule has 0 heterocycles. The van der Waals surface area contributed by atoms with Crippen molar-refractivity contribution >= 4 is 0 Å². The third kappa shape index (κ3) is 3.14. The van der Waals surface area contributed by atoms with Crippen LogP contribution in [0.3, 0.4) is 0 Å². The molecule has 0 amide bonds. The minimum absolute atomic E-state index is 0.641. The van der Waals surface area contributed by atoms with Gasteiger partial charge in [0.15, 0.2) is 0 Å². The van der Waals surface area contributed by atoms with Crippen LogP contribution in [-0.2, 0) is 0 Å². The molecule has 12 heavy (non-hydrogen) atoms. The van der Waals surface area contributed by atoms with Crippen LogP contribution in [0.4, 0.5) is 0 Å². The van der Waals surface area contributed by atoms with Gasteiger partial charge >= 0.3 is 0 Å². The van der Waals surface area contributed by atoms with E-state index in [1.54, 1.807) is 0 Å². The Hall–Kier alpha value is -0.0400. The van der Waals surface area contributed by atoms with Crippen molar-refractivity contribution in [2.45, 2.75) is 65.0 Å². The molecule has 1 heteroatoms. The summed E-state index contributed by atoms with van der Waals surface area (Å²) in [6.45, 7) is 6.81. The lowest BCUT2D eigenvalue weighted by atomic mass is 9.84. The Bertz CT molecular complexity index is 114. The summed E-state index contributed by atoms with van der Waals surface area (Å²) in [5.74, 6) is 0.946. The van der Waals surface area contributed by atoms with Gasteiger partial charge in [-0.05, 0) is 25.7 Å². The van der Waals surface area contributed by atoms with E-state index in [0.29, 0.717) is 6.04 Å². The number of nitrogens with one attached hydrogen (secondary N) is 1. The van der Waals surface area contributed by atoms with Gasteiger partial charge in [0.25, 0.3) is 0 Å². The third-order valence-corrected chi connectivity index (χ3v) is 2.95. The molecule has 0 aromatic rings. The standard InChI is InChI=1S/C11H23N/c1-9(2)12-10(3)11-7-5-4-6-8-11/h9-12H,4-8H2,1-3H3. The minimum atomic E-state index is 0.641. The van der Waals surface area contributed by atoms with E-state index in [1.807, 2.05) is 0 Å². The summed E-state index contributed by atoms with van der Waals surface area (Å²) in [4.78, 5) is 0. The Morgan fingerprint density at radius 3 is 2.08 bits per heavy atom. The third-order valence-electron chi connectivity index (χ3n) is 2.95. The molecular weight excluding hydrogens is 146 g/mol. The van der Waals surface area contributed by atoms with E-state index in [1.165, 1.54) is 32.1 Å². The van der Waals surface area contributed by atoms with Crippen LogP contribution in [0, 0.1) is 5.92 Å². The Morgan fingerprint density at radius 2 is 1.58 bits per heavy atom. The van der Waals surface area contributed by atoms with E-state index in [-0.39, 0.29) is 0 Å². The van der Waals surface area contributed by atoms with Crippen molar-refractivity contribution in [1.29, 1.82) is 0 Å². The van der Waals surface area contributed by atoms with Gasteiger partial charge in [-0.1, -0.05) is 33.1 Å². The van der Waals surface area contributed by atoms with E-state index < -0.39 is 0 Å². The van der Waals surface area contributed by atoms with Crippen LogP contribution >= 0.6 is 0 Å². The molecule has 72 valence electrons. The van der Waals surface area contributed by atoms with Gasteiger partial charge in [0.05, 0.1) is 0 Å². The zero-order chi connectivity index (χ0) is 8.97. The summed E-state index contributed by atoms with van der Waals surface area (Å²) in [6.07, 6.45) is 7.26. The molecule has 1 saturated carbocycles. The Labute approximate surface area is 76.9 Å². The fourth-order valence-electron chi connectivity index (χ4n) is 2.30. The molecule has 0 aromatic heterocycles.